The Morgan fingerprint density at radius 3 is 2.43 bits per heavy atom. The van der Waals surface area contributed by atoms with E-state index < -0.39 is 22.0 Å². The van der Waals surface area contributed by atoms with Gasteiger partial charge in [0.25, 0.3) is 15.9 Å². The molecule has 0 bridgehead atoms. The summed E-state index contributed by atoms with van der Waals surface area (Å²) in [6.07, 6.45) is 0.656. The minimum Gasteiger partial charge on any atom is -0.346 e. The van der Waals surface area contributed by atoms with Crippen molar-refractivity contribution in [3.63, 3.8) is 0 Å². The normalized spacial score (nSPS) is 12.1. The molecule has 1 atom stereocenters. The number of carbonyl (C=O) groups is 2. The van der Waals surface area contributed by atoms with Gasteiger partial charge in [-0.2, -0.15) is 0 Å². The Kier molecular flexibility index (Phi) is 7.42. The van der Waals surface area contributed by atoms with Crippen molar-refractivity contribution >= 4 is 33.6 Å². The van der Waals surface area contributed by atoms with Crippen LogP contribution in [0, 0.1) is 0 Å². The first-order chi connectivity index (χ1) is 13.2. The highest BCUT2D eigenvalue weighted by Crippen LogP contribution is 2.23. The molecule has 0 saturated carbocycles. The van der Waals surface area contributed by atoms with Crippen LogP contribution < -0.4 is 15.4 Å². The van der Waals surface area contributed by atoms with E-state index in [1.807, 2.05) is 48.9 Å². The third-order valence-electron chi connectivity index (χ3n) is 3.89. The zero-order valence-electron chi connectivity index (χ0n) is 15.5. The molecule has 2 aromatic carbocycles. The Balaban J connectivity index is 2.20. The summed E-state index contributed by atoms with van der Waals surface area (Å²) < 4.78 is 26.8. The Bertz CT molecular complexity index is 949. The van der Waals surface area contributed by atoms with Gasteiger partial charge in [0.05, 0.1) is 11.1 Å². The van der Waals surface area contributed by atoms with Gasteiger partial charge < -0.3 is 10.6 Å². The Morgan fingerprint density at radius 1 is 1.11 bits per heavy atom. The fourth-order valence-corrected chi connectivity index (χ4v) is 3.86. The van der Waals surface area contributed by atoms with Gasteiger partial charge in [0.15, 0.2) is 0 Å². The number of sulfonamides is 1. The van der Waals surface area contributed by atoms with Gasteiger partial charge in [0, 0.05) is 12.1 Å². The molecule has 7 nitrogen and oxygen atoms in total. The molecule has 9 heteroatoms. The number of rotatable bonds is 7. The molecule has 0 aliphatic carbocycles. The summed E-state index contributed by atoms with van der Waals surface area (Å²) in [7, 11) is -4.23. The molecule has 0 saturated heterocycles. The molecule has 2 rings (SSSR count). The Hall–Kier alpha value is -2.58. The number of hydrogen-bond acceptors (Lipinski definition) is 4. The molecule has 0 aliphatic rings. The van der Waals surface area contributed by atoms with Crippen molar-refractivity contribution in [3.8, 4) is 0 Å². The molecule has 3 amide bonds. The standard InChI is InChI=1S/C19H22ClN3O4S/c1-3-11-21-19(25)23-28(26,27)17-12-15(9-10-16(17)20)18(24)22-13(2)14-7-5-4-6-8-14/h4-10,12-13H,3,11H2,1-2H3,(H,22,24)(H2,21,23,25). The molecule has 0 spiro atoms. The molecule has 0 heterocycles. The van der Waals surface area contributed by atoms with E-state index in [1.165, 1.54) is 12.1 Å². The van der Waals surface area contributed by atoms with Crippen LogP contribution in [0.3, 0.4) is 0 Å². The molecule has 1 unspecified atom stereocenters. The fraction of sp³-hybridized carbons (Fsp3) is 0.263. The molecule has 2 aromatic rings. The lowest BCUT2D eigenvalue weighted by atomic mass is 10.1. The zero-order chi connectivity index (χ0) is 20.7. The molecule has 0 fully saturated rings. The maximum absolute atomic E-state index is 12.5. The van der Waals surface area contributed by atoms with Crippen LogP contribution in [0.1, 0.15) is 42.2 Å². The summed E-state index contributed by atoms with van der Waals surface area (Å²) >= 11 is 5.99. The smallest absolute Gasteiger partial charge is 0.328 e. The van der Waals surface area contributed by atoms with E-state index in [-0.39, 0.29) is 21.5 Å². The van der Waals surface area contributed by atoms with Crippen molar-refractivity contribution in [2.24, 2.45) is 0 Å². The first-order valence-electron chi connectivity index (χ1n) is 8.70. The summed E-state index contributed by atoms with van der Waals surface area (Å²) in [6.45, 7) is 3.99. The third-order valence-corrected chi connectivity index (χ3v) is 5.71. The van der Waals surface area contributed by atoms with E-state index in [4.69, 9.17) is 11.6 Å². The molecule has 150 valence electrons. The minimum atomic E-state index is -4.23. The van der Waals surface area contributed by atoms with Crippen LogP contribution >= 0.6 is 11.6 Å². The van der Waals surface area contributed by atoms with Gasteiger partial charge in [0.1, 0.15) is 4.90 Å². The maximum Gasteiger partial charge on any atom is 0.328 e. The second kappa shape index (κ2) is 9.57. The van der Waals surface area contributed by atoms with Crippen molar-refractivity contribution in [1.82, 2.24) is 15.4 Å². The predicted molar refractivity (Wildman–Crippen MR) is 108 cm³/mol. The summed E-state index contributed by atoms with van der Waals surface area (Å²) in [4.78, 5) is 23.9. The highest BCUT2D eigenvalue weighted by atomic mass is 35.5. The third kappa shape index (κ3) is 5.71. The Morgan fingerprint density at radius 2 is 1.79 bits per heavy atom. The first kappa shape index (κ1) is 21.7. The first-order valence-corrected chi connectivity index (χ1v) is 10.6. The van der Waals surface area contributed by atoms with Crippen LogP contribution in [0.4, 0.5) is 4.79 Å². The minimum absolute atomic E-state index is 0.0940. The van der Waals surface area contributed by atoms with Gasteiger partial charge in [-0.25, -0.2) is 17.9 Å². The fourth-order valence-electron chi connectivity index (χ4n) is 2.41. The highest BCUT2D eigenvalue weighted by Gasteiger charge is 2.23. The van der Waals surface area contributed by atoms with Crippen molar-refractivity contribution in [3.05, 3.63) is 64.7 Å². The molecule has 28 heavy (non-hydrogen) atoms. The summed E-state index contributed by atoms with van der Waals surface area (Å²) in [5, 5.41) is 5.12. The van der Waals surface area contributed by atoms with E-state index in [9.17, 15) is 18.0 Å². The number of urea groups is 1. The van der Waals surface area contributed by atoms with Crippen LogP contribution in [0.5, 0.6) is 0 Å². The van der Waals surface area contributed by atoms with Gasteiger partial charge in [-0.15, -0.1) is 0 Å². The number of benzene rings is 2. The average molecular weight is 424 g/mol. The van der Waals surface area contributed by atoms with Crippen LogP contribution in [0.2, 0.25) is 5.02 Å². The van der Waals surface area contributed by atoms with E-state index in [0.29, 0.717) is 13.0 Å². The van der Waals surface area contributed by atoms with E-state index in [2.05, 4.69) is 10.6 Å². The van der Waals surface area contributed by atoms with E-state index in [0.717, 1.165) is 11.6 Å². The van der Waals surface area contributed by atoms with Crippen LogP contribution in [-0.2, 0) is 10.0 Å². The zero-order valence-corrected chi connectivity index (χ0v) is 17.1. The lowest BCUT2D eigenvalue weighted by molar-refractivity contribution is 0.0939. The van der Waals surface area contributed by atoms with Gasteiger partial charge in [-0.05, 0) is 37.1 Å². The monoisotopic (exact) mass is 423 g/mol. The number of amides is 3. The Labute approximate surface area is 169 Å². The largest absolute Gasteiger partial charge is 0.346 e. The predicted octanol–water partition coefficient (Wildman–Crippen LogP) is 3.23. The summed E-state index contributed by atoms with van der Waals surface area (Å²) in [6, 6.07) is 12.1. The second-order valence-electron chi connectivity index (χ2n) is 6.11. The van der Waals surface area contributed by atoms with Crippen LogP contribution in [0.15, 0.2) is 53.4 Å². The molecule has 0 radical (unpaired) electrons. The van der Waals surface area contributed by atoms with Crippen LogP contribution in [0.25, 0.3) is 0 Å². The van der Waals surface area contributed by atoms with E-state index in [1.54, 1.807) is 0 Å². The highest BCUT2D eigenvalue weighted by molar-refractivity contribution is 7.90. The number of hydrogen-bond donors (Lipinski definition) is 3. The lowest BCUT2D eigenvalue weighted by Crippen LogP contribution is -2.39. The maximum atomic E-state index is 12.5. The van der Waals surface area contributed by atoms with Gasteiger partial charge in [-0.3, -0.25) is 4.79 Å². The second-order valence-corrected chi connectivity index (χ2v) is 8.17. The van der Waals surface area contributed by atoms with Crippen molar-refractivity contribution in [2.75, 3.05) is 6.54 Å². The van der Waals surface area contributed by atoms with Crippen molar-refractivity contribution < 1.29 is 18.0 Å². The van der Waals surface area contributed by atoms with E-state index >= 15 is 0 Å². The molecule has 0 aromatic heterocycles. The average Bonchev–Trinajstić information content (AvgIpc) is 2.66. The van der Waals surface area contributed by atoms with Gasteiger partial charge in [-0.1, -0.05) is 48.9 Å². The SMILES string of the molecule is CCCNC(=O)NS(=O)(=O)c1cc(C(=O)NC(C)c2ccccc2)ccc1Cl. The number of nitrogens with one attached hydrogen (secondary N) is 3. The quantitative estimate of drug-likeness (QED) is 0.635. The summed E-state index contributed by atoms with van der Waals surface area (Å²) in [5.74, 6) is -0.458. The number of carbonyl (C=O) groups excluding carboxylic acids is 2. The van der Waals surface area contributed by atoms with Crippen molar-refractivity contribution in [1.29, 1.82) is 0 Å². The lowest BCUT2D eigenvalue weighted by Gasteiger charge is -2.15. The number of halogens is 1. The van der Waals surface area contributed by atoms with Gasteiger partial charge in [0.2, 0.25) is 0 Å². The van der Waals surface area contributed by atoms with Gasteiger partial charge >= 0.3 is 6.03 Å². The molecule has 3 N–H and O–H groups in total. The summed E-state index contributed by atoms with van der Waals surface area (Å²) in [5.41, 5.74) is 1.02. The topological polar surface area (TPSA) is 104 Å². The molecular formula is C19H22ClN3O4S. The van der Waals surface area contributed by atoms with Crippen molar-refractivity contribution in [2.45, 2.75) is 31.2 Å². The molecular weight excluding hydrogens is 402 g/mol. The molecule has 0 aliphatic heterocycles. The van der Waals surface area contributed by atoms with Crippen LogP contribution in [-0.4, -0.2) is 26.9 Å².